The van der Waals surface area contributed by atoms with E-state index in [0.717, 1.165) is 5.56 Å². The minimum Gasteiger partial charge on any atom is -0.344 e. The molecule has 1 aromatic carbocycles. The molecule has 7 nitrogen and oxygen atoms in total. The van der Waals surface area contributed by atoms with E-state index < -0.39 is 16.1 Å². The Bertz CT molecular complexity index is 712. The van der Waals surface area contributed by atoms with Crippen molar-refractivity contribution in [1.29, 1.82) is 0 Å². The van der Waals surface area contributed by atoms with Gasteiger partial charge in [0.05, 0.1) is 4.90 Å². The topological polar surface area (TPSA) is 118 Å². The summed E-state index contributed by atoms with van der Waals surface area (Å²) in [5.41, 5.74) is 1.83. The van der Waals surface area contributed by atoms with E-state index in [4.69, 9.17) is 5.14 Å². The van der Waals surface area contributed by atoms with Crippen LogP contribution in [0.15, 0.2) is 17.0 Å². The molecule has 1 aliphatic heterocycles. The van der Waals surface area contributed by atoms with Crippen LogP contribution in [0.2, 0.25) is 0 Å². The van der Waals surface area contributed by atoms with Gasteiger partial charge in [0.1, 0.15) is 6.04 Å². The Labute approximate surface area is 123 Å². The van der Waals surface area contributed by atoms with Crippen molar-refractivity contribution in [3.8, 4) is 0 Å². The van der Waals surface area contributed by atoms with Gasteiger partial charge < -0.3 is 10.6 Å². The number of sulfonamides is 1. The summed E-state index contributed by atoms with van der Waals surface area (Å²) in [6.07, 6.45) is 0.741. The van der Waals surface area contributed by atoms with Crippen LogP contribution in [0.5, 0.6) is 0 Å². The third-order valence-electron chi connectivity index (χ3n) is 3.54. The number of primary sulfonamides is 1. The molecule has 8 heteroatoms. The standard InChI is InChI=1S/C13H17N3O4S/c1-7-5-9(21(14,19)20)6-11(8(7)2)16-13(18)10-3-4-12(17)15-10/h5-6,10H,3-4H2,1-2H3,(H,15,17)(H,16,18)(H2,14,19,20)/t10-/m0/s1. The first-order valence-corrected chi connectivity index (χ1v) is 7.97. The van der Waals surface area contributed by atoms with Crippen molar-refractivity contribution in [2.75, 3.05) is 5.32 Å². The zero-order valence-corrected chi connectivity index (χ0v) is 12.6. The first-order chi connectivity index (χ1) is 9.68. The summed E-state index contributed by atoms with van der Waals surface area (Å²) in [6, 6.07) is 2.19. The zero-order valence-electron chi connectivity index (χ0n) is 11.8. The van der Waals surface area contributed by atoms with Gasteiger partial charge in [-0.15, -0.1) is 0 Å². The maximum absolute atomic E-state index is 12.1. The van der Waals surface area contributed by atoms with Crippen LogP contribution in [-0.2, 0) is 19.6 Å². The number of hydrogen-bond donors (Lipinski definition) is 3. The summed E-state index contributed by atoms with van der Waals surface area (Å²) in [5, 5.41) is 10.3. The maximum Gasteiger partial charge on any atom is 0.246 e. The summed E-state index contributed by atoms with van der Waals surface area (Å²) in [7, 11) is -3.85. The van der Waals surface area contributed by atoms with Crippen LogP contribution in [0.4, 0.5) is 5.69 Å². The molecule has 0 radical (unpaired) electrons. The first-order valence-electron chi connectivity index (χ1n) is 6.43. The van der Waals surface area contributed by atoms with Crippen LogP contribution in [0.3, 0.4) is 0 Å². The van der Waals surface area contributed by atoms with Crippen LogP contribution < -0.4 is 15.8 Å². The normalized spacial score (nSPS) is 18.4. The lowest BCUT2D eigenvalue weighted by molar-refractivity contribution is -0.122. The maximum atomic E-state index is 12.1. The van der Waals surface area contributed by atoms with Gasteiger partial charge in [-0.3, -0.25) is 9.59 Å². The van der Waals surface area contributed by atoms with Crippen molar-refractivity contribution in [2.24, 2.45) is 5.14 Å². The monoisotopic (exact) mass is 311 g/mol. The van der Waals surface area contributed by atoms with Crippen LogP contribution in [0.1, 0.15) is 24.0 Å². The minimum absolute atomic E-state index is 0.0589. The van der Waals surface area contributed by atoms with Gasteiger partial charge in [0, 0.05) is 12.1 Å². The van der Waals surface area contributed by atoms with Crippen LogP contribution >= 0.6 is 0 Å². The van der Waals surface area contributed by atoms with Crippen molar-refractivity contribution >= 4 is 27.5 Å². The van der Waals surface area contributed by atoms with E-state index >= 15 is 0 Å². The van der Waals surface area contributed by atoms with E-state index in [1.54, 1.807) is 13.8 Å². The highest BCUT2D eigenvalue weighted by Crippen LogP contribution is 2.24. The summed E-state index contributed by atoms with van der Waals surface area (Å²) in [5.74, 6) is -0.531. The van der Waals surface area contributed by atoms with Gasteiger partial charge in [0.2, 0.25) is 21.8 Å². The quantitative estimate of drug-likeness (QED) is 0.737. The van der Waals surface area contributed by atoms with Gasteiger partial charge in [-0.2, -0.15) is 0 Å². The fraction of sp³-hybridized carbons (Fsp3) is 0.385. The number of benzene rings is 1. The van der Waals surface area contributed by atoms with Crippen molar-refractivity contribution in [1.82, 2.24) is 5.32 Å². The molecule has 4 N–H and O–H groups in total. The number of hydrogen-bond acceptors (Lipinski definition) is 4. The van der Waals surface area contributed by atoms with Crippen molar-refractivity contribution < 1.29 is 18.0 Å². The Kier molecular flexibility index (Phi) is 4.02. The van der Waals surface area contributed by atoms with Crippen LogP contribution in [0.25, 0.3) is 0 Å². The molecule has 0 aliphatic carbocycles. The Morgan fingerprint density at radius 2 is 2.05 bits per heavy atom. The highest BCUT2D eigenvalue weighted by molar-refractivity contribution is 7.89. The highest BCUT2D eigenvalue weighted by Gasteiger charge is 2.27. The van der Waals surface area contributed by atoms with Crippen molar-refractivity contribution in [3.63, 3.8) is 0 Å². The molecule has 1 aliphatic rings. The average molecular weight is 311 g/mol. The average Bonchev–Trinajstić information content (AvgIpc) is 2.80. The van der Waals surface area contributed by atoms with E-state index in [1.807, 2.05) is 0 Å². The molecule has 1 saturated heterocycles. The lowest BCUT2D eigenvalue weighted by atomic mass is 10.1. The third-order valence-corrected chi connectivity index (χ3v) is 4.43. The van der Waals surface area contributed by atoms with E-state index in [9.17, 15) is 18.0 Å². The number of nitrogens with two attached hydrogens (primary N) is 1. The SMILES string of the molecule is Cc1cc(S(N)(=O)=O)cc(NC(=O)[C@@H]2CCC(=O)N2)c1C. The molecular weight excluding hydrogens is 294 g/mol. The molecular formula is C13H17N3O4S. The number of anilines is 1. The molecule has 2 amide bonds. The van der Waals surface area contributed by atoms with Crippen molar-refractivity contribution in [3.05, 3.63) is 23.3 Å². The van der Waals surface area contributed by atoms with E-state index in [-0.39, 0.29) is 16.7 Å². The Morgan fingerprint density at radius 1 is 1.38 bits per heavy atom. The number of carbonyl (C=O) groups is 2. The molecule has 114 valence electrons. The molecule has 1 atom stereocenters. The molecule has 2 rings (SSSR count). The van der Waals surface area contributed by atoms with Gasteiger partial charge in [-0.05, 0) is 43.5 Å². The van der Waals surface area contributed by atoms with Gasteiger partial charge in [-0.25, -0.2) is 13.6 Å². The molecule has 0 bridgehead atoms. The Morgan fingerprint density at radius 3 is 2.57 bits per heavy atom. The fourth-order valence-electron chi connectivity index (χ4n) is 2.15. The molecule has 1 fully saturated rings. The first kappa shape index (κ1) is 15.5. The van der Waals surface area contributed by atoms with Gasteiger partial charge in [0.25, 0.3) is 0 Å². The van der Waals surface area contributed by atoms with Crippen LogP contribution in [-0.4, -0.2) is 26.3 Å². The smallest absolute Gasteiger partial charge is 0.246 e. The fourth-order valence-corrected chi connectivity index (χ4v) is 2.77. The van der Waals surface area contributed by atoms with E-state index in [2.05, 4.69) is 10.6 Å². The highest BCUT2D eigenvalue weighted by atomic mass is 32.2. The number of amides is 2. The zero-order chi connectivity index (χ0) is 15.8. The second-order valence-corrected chi connectivity index (χ2v) is 6.67. The predicted octanol–water partition coefficient (Wildman–Crippen LogP) is 0.168. The summed E-state index contributed by atoms with van der Waals surface area (Å²) < 4.78 is 22.9. The Balaban J connectivity index is 2.29. The second kappa shape index (κ2) is 5.45. The Hall–Kier alpha value is -1.93. The third kappa shape index (κ3) is 3.40. The predicted molar refractivity (Wildman–Crippen MR) is 77.1 cm³/mol. The number of rotatable bonds is 3. The number of nitrogens with one attached hydrogen (secondary N) is 2. The van der Waals surface area contributed by atoms with Gasteiger partial charge in [-0.1, -0.05) is 0 Å². The van der Waals surface area contributed by atoms with E-state index in [0.29, 0.717) is 24.1 Å². The number of aryl methyl sites for hydroxylation is 1. The lowest BCUT2D eigenvalue weighted by Crippen LogP contribution is -2.37. The molecule has 0 aromatic heterocycles. The van der Waals surface area contributed by atoms with E-state index in [1.165, 1.54) is 12.1 Å². The van der Waals surface area contributed by atoms with Gasteiger partial charge in [0.15, 0.2) is 0 Å². The minimum atomic E-state index is -3.85. The molecule has 21 heavy (non-hydrogen) atoms. The van der Waals surface area contributed by atoms with Gasteiger partial charge >= 0.3 is 0 Å². The number of carbonyl (C=O) groups excluding carboxylic acids is 2. The van der Waals surface area contributed by atoms with Crippen LogP contribution in [0, 0.1) is 13.8 Å². The summed E-state index contributed by atoms with van der Waals surface area (Å²) >= 11 is 0. The summed E-state index contributed by atoms with van der Waals surface area (Å²) in [6.45, 7) is 3.50. The summed E-state index contributed by atoms with van der Waals surface area (Å²) in [4.78, 5) is 23.1. The molecule has 0 spiro atoms. The molecule has 0 saturated carbocycles. The van der Waals surface area contributed by atoms with Crippen molar-refractivity contribution in [2.45, 2.75) is 37.6 Å². The molecule has 0 unspecified atom stereocenters. The lowest BCUT2D eigenvalue weighted by Gasteiger charge is -2.15. The second-order valence-electron chi connectivity index (χ2n) is 5.11. The molecule has 1 aromatic rings. The largest absolute Gasteiger partial charge is 0.344 e. The molecule has 1 heterocycles.